The van der Waals surface area contributed by atoms with Crippen LogP contribution in [0.15, 0.2) is 60.8 Å². The maximum atomic E-state index is 8.86. The summed E-state index contributed by atoms with van der Waals surface area (Å²) in [5, 5.41) is 9.95. The second-order valence-electron chi connectivity index (χ2n) is 4.64. The molecule has 0 aliphatic carbocycles. The molecule has 0 amide bonds. The molecule has 0 saturated heterocycles. The molecule has 0 spiro atoms. The van der Waals surface area contributed by atoms with E-state index < -0.39 is 0 Å². The van der Waals surface area contributed by atoms with Crippen molar-refractivity contribution in [2.24, 2.45) is 0 Å². The zero-order valence-electron chi connectivity index (χ0n) is 11.2. The number of fused-ring (bicyclic) bond motifs is 1. The Morgan fingerprint density at radius 2 is 1.70 bits per heavy atom. The van der Waals surface area contributed by atoms with Crippen molar-refractivity contribution in [3.8, 4) is 11.4 Å². The molecule has 3 rings (SSSR count). The monoisotopic (exact) mass is 267 g/mol. The van der Waals surface area contributed by atoms with Crippen molar-refractivity contribution in [2.75, 3.05) is 13.2 Å². The standard InChI is InChI=1S/C17H17NO2/c19-11-6-12-20-17-13-18(14-7-2-1-3-8-14)16-10-5-4-9-15(16)17/h1-5,7-10,13,19H,6,11-12H2. The van der Waals surface area contributed by atoms with E-state index in [2.05, 4.69) is 28.8 Å². The number of aliphatic hydroxyl groups is 1. The fourth-order valence-corrected chi connectivity index (χ4v) is 2.31. The van der Waals surface area contributed by atoms with Crippen LogP contribution in [0.3, 0.4) is 0 Å². The van der Waals surface area contributed by atoms with Crippen molar-refractivity contribution in [2.45, 2.75) is 6.42 Å². The minimum atomic E-state index is 0.150. The minimum absolute atomic E-state index is 0.150. The van der Waals surface area contributed by atoms with E-state index in [4.69, 9.17) is 9.84 Å². The molecule has 0 unspecified atom stereocenters. The fourth-order valence-electron chi connectivity index (χ4n) is 2.31. The number of nitrogens with zero attached hydrogens (tertiary/aromatic N) is 1. The first-order chi connectivity index (χ1) is 9.90. The highest BCUT2D eigenvalue weighted by Gasteiger charge is 2.09. The average molecular weight is 267 g/mol. The predicted molar refractivity (Wildman–Crippen MR) is 80.5 cm³/mol. The lowest BCUT2D eigenvalue weighted by Gasteiger charge is -2.03. The Bertz CT molecular complexity index is 689. The van der Waals surface area contributed by atoms with Gasteiger partial charge in [0, 0.05) is 24.1 Å². The number of rotatable bonds is 5. The molecule has 0 bridgehead atoms. The van der Waals surface area contributed by atoms with E-state index in [9.17, 15) is 0 Å². The molecule has 0 saturated carbocycles. The summed E-state index contributed by atoms with van der Waals surface area (Å²) in [4.78, 5) is 0. The van der Waals surface area contributed by atoms with Crippen LogP contribution in [-0.4, -0.2) is 22.9 Å². The van der Waals surface area contributed by atoms with Gasteiger partial charge in [-0.25, -0.2) is 0 Å². The Labute approximate surface area is 118 Å². The minimum Gasteiger partial charge on any atom is -0.491 e. The first-order valence-corrected chi connectivity index (χ1v) is 6.79. The smallest absolute Gasteiger partial charge is 0.145 e. The molecule has 3 aromatic rings. The lowest BCUT2D eigenvalue weighted by atomic mass is 10.2. The number of hydrogen-bond donors (Lipinski definition) is 1. The van der Waals surface area contributed by atoms with Gasteiger partial charge in [0.1, 0.15) is 5.75 Å². The van der Waals surface area contributed by atoms with Crippen LogP contribution in [0.2, 0.25) is 0 Å². The topological polar surface area (TPSA) is 34.4 Å². The largest absolute Gasteiger partial charge is 0.491 e. The third kappa shape index (κ3) is 2.40. The summed E-state index contributed by atoms with van der Waals surface area (Å²) in [7, 11) is 0. The Balaban J connectivity index is 2.05. The summed E-state index contributed by atoms with van der Waals surface area (Å²) in [6.07, 6.45) is 2.65. The van der Waals surface area contributed by atoms with Crippen molar-refractivity contribution in [1.82, 2.24) is 4.57 Å². The van der Waals surface area contributed by atoms with Crippen LogP contribution in [0.4, 0.5) is 0 Å². The van der Waals surface area contributed by atoms with Crippen molar-refractivity contribution in [1.29, 1.82) is 0 Å². The molecular formula is C17H17NO2. The van der Waals surface area contributed by atoms with Crippen molar-refractivity contribution in [3.63, 3.8) is 0 Å². The third-order valence-electron chi connectivity index (χ3n) is 3.27. The van der Waals surface area contributed by atoms with Gasteiger partial charge in [0.2, 0.25) is 0 Å². The molecule has 0 aliphatic heterocycles. The van der Waals surface area contributed by atoms with Crippen molar-refractivity contribution in [3.05, 3.63) is 60.8 Å². The van der Waals surface area contributed by atoms with Gasteiger partial charge in [-0.1, -0.05) is 30.3 Å². The van der Waals surface area contributed by atoms with Crippen LogP contribution >= 0.6 is 0 Å². The molecule has 102 valence electrons. The van der Waals surface area contributed by atoms with E-state index in [1.54, 1.807) is 0 Å². The molecule has 0 fully saturated rings. The zero-order chi connectivity index (χ0) is 13.8. The number of hydrogen-bond acceptors (Lipinski definition) is 2. The summed E-state index contributed by atoms with van der Waals surface area (Å²) in [6.45, 7) is 0.677. The maximum absolute atomic E-state index is 8.86. The highest BCUT2D eigenvalue weighted by Crippen LogP contribution is 2.30. The van der Waals surface area contributed by atoms with Gasteiger partial charge in [-0.05, 0) is 24.3 Å². The first kappa shape index (κ1) is 12.8. The second kappa shape index (κ2) is 5.80. The summed E-state index contributed by atoms with van der Waals surface area (Å²) < 4.78 is 7.91. The van der Waals surface area contributed by atoms with Gasteiger partial charge in [-0.3, -0.25) is 0 Å². The van der Waals surface area contributed by atoms with Crippen molar-refractivity contribution >= 4 is 10.9 Å². The summed E-state index contributed by atoms with van der Waals surface area (Å²) in [6, 6.07) is 18.4. The van der Waals surface area contributed by atoms with E-state index >= 15 is 0 Å². The third-order valence-corrected chi connectivity index (χ3v) is 3.27. The van der Waals surface area contributed by atoms with Crippen molar-refractivity contribution < 1.29 is 9.84 Å². The van der Waals surface area contributed by atoms with Gasteiger partial charge in [0.05, 0.1) is 18.3 Å². The van der Waals surface area contributed by atoms with Crippen LogP contribution < -0.4 is 4.74 Å². The Hall–Kier alpha value is -2.26. The van der Waals surface area contributed by atoms with Crippen LogP contribution in [0.1, 0.15) is 6.42 Å². The van der Waals surface area contributed by atoms with Gasteiger partial charge in [-0.2, -0.15) is 0 Å². The predicted octanol–water partition coefficient (Wildman–Crippen LogP) is 3.39. The Kier molecular flexibility index (Phi) is 3.70. The lowest BCUT2D eigenvalue weighted by molar-refractivity contribution is 0.235. The molecule has 20 heavy (non-hydrogen) atoms. The number of para-hydroxylation sites is 2. The normalized spacial score (nSPS) is 10.8. The highest BCUT2D eigenvalue weighted by molar-refractivity contribution is 5.88. The number of aromatic nitrogens is 1. The van der Waals surface area contributed by atoms with E-state index in [1.807, 2.05) is 36.5 Å². The molecule has 1 heterocycles. The van der Waals surface area contributed by atoms with Gasteiger partial charge < -0.3 is 14.4 Å². The highest BCUT2D eigenvalue weighted by atomic mass is 16.5. The Morgan fingerprint density at radius 3 is 2.50 bits per heavy atom. The zero-order valence-corrected chi connectivity index (χ0v) is 11.2. The van der Waals surface area contributed by atoms with Gasteiger partial charge in [0.25, 0.3) is 0 Å². The summed E-state index contributed by atoms with van der Waals surface area (Å²) in [5.41, 5.74) is 2.23. The van der Waals surface area contributed by atoms with E-state index in [1.165, 1.54) is 0 Å². The van der Waals surface area contributed by atoms with Gasteiger partial charge in [-0.15, -0.1) is 0 Å². The molecule has 1 N–H and O–H groups in total. The second-order valence-corrected chi connectivity index (χ2v) is 4.64. The van der Waals surface area contributed by atoms with E-state index in [0.717, 1.165) is 22.3 Å². The number of aliphatic hydroxyl groups excluding tert-OH is 1. The van der Waals surface area contributed by atoms with Gasteiger partial charge in [0.15, 0.2) is 0 Å². The van der Waals surface area contributed by atoms with E-state index in [-0.39, 0.29) is 6.61 Å². The molecule has 0 atom stereocenters. The van der Waals surface area contributed by atoms with Crippen LogP contribution in [-0.2, 0) is 0 Å². The van der Waals surface area contributed by atoms with Crippen LogP contribution in [0.25, 0.3) is 16.6 Å². The summed E-state index contributed by atoms with van der Waals surface area (Å²) >= 11 is 0. The van der Waals surface area contributed by atoms with Crippen LogP contribution in [0, 0.1) is 0 Å². The molecule has 0 radical (unpaired) electrons. The quantitative estimate of drug-likeness (QED) is 0.719. The maximum Gasteiger partial charge on any atom is 0.145 e. The van der Waals surface area contributed by atoms with E-state index in [0.29, 0.717) is 13.0 Å². The Morgan fingerprint density at radius 1 is 0.950 bits per heavy atom. The lowest BCUT2D eigenvalue weighted by Crippen LogP contribution is -1.99. The molecule has 1 aromatic heterocycles. The fraction of sp³-hybridized carbons (Fsp3) is 0.176. The summed E-state index contributed by atoms with van der Waals surface area (Å²) in [5.74, 6) is 0.859. The molecule has 2 aromatic carbocycles. The average Bonchev–Trinajstić information content (AvgIpc) is 2.88. The first-order valence-electron chi connectivity index (χ1n) is 6.79. The number of ether oxygens (including phenoxy) is 1. The van der Waals surface area contributed by atoms with Crippen LogP contribution in [0.5, 0.6) is 5.75 Å². The molecule has 3 nitrogen and oxygen atoms in total. The SMILES string of the molecule is OCCCOc1cn(-c2ccccc2)c2ccccc12. The van der Waals surface area contributed by atoms with Gasteiger partial charge >= 0.3 is 0 Å². The molecular weight excluding hydrogens is 250 g/mol. The molecule has 0 aliphatic rings. The number of benzene rings is 2. The molecule has 3 heteroatoms.